The van der Waals surface area contributed by atoms with Crippen LogP contribution in [0.3, 0.4) is 0 Å². The van der Waals surface area contributed by atoms with E-state index in [1.165, 1.54) is 289 Å². The van der Waals surface area contributed by atoms with Crippen LogP contribution >= 0.6 is 0 Å². The van der Waals surface area contributed by atoms with Crippen molar-refractivity contribution in [3.63, 3.8) is 0 Å². The summed E-state index contributed by atoms with van der Waals surface area (Å²) in [6.07, 6.45) is 71.1. The van der Waals surface area contributed by atoms with Crippen LogP contribution < -0.4 is 0 Å². The lowest BCUT2D eigenvalue weighted by atomic mass is 9.99. The fraction of sp³-hybridized carbons (Fsp3) is 0.956. The van der Waals surface area contributed by atoms with Crippen LogP contribution in [0.4, 0.5) is 0 Å². The number of hydrogen-bond acceptors (Lipinski definition) is 6. The van der Waals surface area contributed by atoms with Gasteiger partial charge in [0.05, 0.1) is 0 Å². The van der Waals surface area contributed by atoms with Gasteiger partial charge in [0.15, 0.2) is 6.10 Å². The van der Waals surface area contributed by atoms with Crippen molar-refractivity contribution < 1.29 is 28.6 Å². The van der Waals surface area contributed by atoms with Crippen LogP contribution in [0.1, 0.15) is 394 Å². The molecule has 0 aromatic heterocycles. The first-order valence-electron chi connectivity index (χ1n) is 33.9. The van der Waals surface area contributed by atoms with E-state index in [1.54, 1.807) is 0 Å². The van der Waals surface area contributed by atoms with Crippen LogP contribution in [0.25, 0.3) is 0 Å². The van der Waals surface area contributed by atoms with Crippen molar-refractivity contribution in [3.8, 4) is 0 Å². The summed E-state index contributed by atoms with van der Waals surface area (Å²) in [5.74, 6) is 0.0861. The summed E-state index contributed by atoms with van der Waals surface area (Å²) in [5.41, 5.74) is 0. The van der Waals surface area contributed by atoms with Crippen LogP contribution in [-0.4, -0.2) is 37.2 Å². The minimum atomic E-state index is -0.763. The van der Waals surface area contributed by atoms with Crippen LogP contribution in [0.15, 0.2) is 0 Å². The molecule has 0 amide bonds. The Bertz CT molecular complexity index is 1120. The molecular formula is C68H132O6. The second-order valence-electron chi connectivity index (χ2n) is 23.7. The van der Waals surface area contributed by atoms with Gasteiger partial charge < -0.3 is 14.2 Å². The molecule has 74 heavy (non-hydrogen) atoms. The van der Waals surface area contributed by atoms with Gasteiger partial charge in [0.2, 0.25) is 0 Å². The van der Waals surface area contributed by atoms with Crippen molar-refractivity contribution in [3.05, 3.63) is 0 Å². The van der Waals surface area contributed by atoms with Gasteiger partial charge in [-0.25, -0.2) is 0 Å². The van der Waals surface area contributed by atoms with Gasteiger partial charge in [0.1, 0.15) is 13.2 Å². The molecule has 0 aromatic rings. The second kappa shape index (κ2) is 62.3. The first kappa shape index (κ1) is 72.4. The van der Waals surface area contributed by atoms with Crippen LogP contribution in [0, 0.1) is 5.92 Å². The zero-order valence-corrected chi connectivity index (χ0v) is 50.8. The van der Waals surface area contributed by atoms with Crippen molar-refractivity contribution >= 4 is 17.9 Å². The van der Waals surface area contributed by atoms with Crippen molar-refractivity contribution in [1.82, 2.24) is 0 Å². The van der Waals surface area contributed by atoms with E-state index in [1.807, 2.05) is 0 Å². The molecule has 0 heterocycles. The number of carbonyl (C=O) groups is 3. The summed E-state index contributed by atoms with van der Waals surface area (Å²) in [7, 11) is 0. The van der Waals surface area contributed by atoms with Crippen molar-refractivity contribution in [1.29, 1.82) is 0 Å². The SMILES string of the molecule is CCCCCCCCCCCCCCCCCCCCCC(=O)OC[C@@H](COC(=O)CCCCCCCCCCCCCCCCC)OC(=O)CCCCCCCCCCCCCCCCCCCCC(C)CC. The zero-order chi connectivity index (χ0) is 53.7. The second-order valence-corrected chi connectivity index (χ2v) is 23.7. The highest BCUT2D eigenvalue weighted by Gasteiger charge is 2.19. The maximum atomic E-state index is 12.9. The largest absolute Gasteiger partial charge is 0.462 e. The van der Waals surface area contributed by atoms with E-state index in [-0.39, 0.29) is 31.1 Å². The first-order valence-corrected chi connectivity index (χ1v) is 33.9. The standard InChI is InChI=1S/C68H132O6/c1-5-8-10-12-14-16-18-20-22-23-24-28-32-36-40-44-48-52-56-60-67(70)73-63-65(62-72-66(69)59-55-51-47-43-39-35-30-21-19-17-15-13-11-9-6-2)74-68(71)61-57-53-49-45-41-37-33-29-26-25-27-31-34-38-42-46-50-54-58-64(4)7-3/h64-65H,5-63H2,1-4H3/t64?,65-/m1/s1. The lowest BCUT2D eigenvalue weighted by Gasteiger charge is -2.18. The molecule has 0 aliphatic heterocycles. The Balaban J connectivity index is 4.26. The fourth-order valence-corrected chi connectivity index (χ4v) is 10.7. The van der Waals surface area contributed by atoms with Crippen LogP contribution in [0.5, 0.6) is 0 Å². The third-order valence-corrected chi connectivity index (χ3v) is 16.2. The summed E-state index contributed by atoms with van der Waals surface area (Å²) >= 11 is 0. The van der Waals surface area contributed by atoms with E-state index in [4.69, 9.17) is 14.2 Å². The molecule has 6 nitrogen and oxygen atoms in total. The summed E-state index contributed by atoms with van der Waals surface area (Å²) in [6, 6.07) is 0. The van der Waals surface area contributed by atoms with E-state index in [0.29, 0.717) is 19.3 Å². The molecule has 0 N–H and O–H groups in total. The molecule has 0 rings (SSSR count). The molecule has 2 atom stereocenters. The van der Waals surface area contributed by atoms with Gasteiger partial charge in [0.25, 0.3) is 0 Å². The third kappa shape index (κ3) is 59.7. The normalized spacial score (nSPS) is 12.3. The number of hydrogen-bond donors (Lipinski definition) is 0. The average molecular weight is 1050 g/mol. The molecule has 0 aliphatic rings. The van der Waals surface area contributed by atoms with Gasteiger partial charge in [0, 0.05) is 19.3 Å². The third-order valence-electron chi connectivity index (χ3n) is 16.2. The van der Waals surface area contributed by atoms with Crippen molar-refractivity contribution in [2.75, 3.05) is 13.2 Å². The van der Waals surface area contributed by atoms with Crippen LogP contribution in [-0.2, 0) is 28.6 Å². The summed E-state index contributed by atoms with van der Waals surface area (Å²) < 4.78 is 17.0. The van der Waals surface area contributed by atoms with Gasteiger partial charge in [-0.15, -0.1) is 0 Å². The molecule has 6 heteroatoms. The van der Waals surface area contributed by atoms with E-state index >= 15 is 0 Å². The molecule has 0 aromatic carbocycles. The lowest BCUT2D eigenvalue weighted by Crippen LogP contribution is -2.30. The number of ether oxygens (including phenoxy) is 3. The molecule has 440 valence electrons. The van der Waals surface area contributed by atoms with Crippen LogP contribution in [0.2, 0.25) is 0 Å². The summed E-state index contributed by atoms with van der Waals surface area (Å²) in [6.45, 7) is 9.14. The minimum Gasteiger partial charge on any atom is -0.462 e. The molecule has 0 bridgehead atoms. The highest BCUT2D eigenvalue weighted by molar-refractivity contribution is 5.71. The van der Waals surface area contributed by atoms with E-state index in [0.717, 1.165) is 63.7 Å². The van der Waals surface area contributed by atoms with Gasteiger partial charge in [-0.2, -0.15) is 0 Å². The highest BCUT2D eigenvalue weighted by Crippen LogP contribution is 2.20. The van der Waals surface area contributed by atoms with Gasteiger partial charge >= 0.3 is 17.9 Å². The highest BCUT2D eigenvalue weighted by atomic mass is 16.6. The average Bonchev–Trinajstić information content (AvgIpc) is 3.40. The number of carbonyl (C=O) groups excluding carboxylic acids is 3. The number of unbranched alkanes of at least 4 members (excludes halogenated alkanes) is 49. The quantitative estimate of drug-likeness (QED) is 0.0343. The molecule has 0 radical (unpaired) electrons. The van der Waals surface area contributed by atoms with Gasteiger partial charge in [-0.3, -0.25) is 14.4 Å². The summed E-state index contributed by atoms with van der Waals surface area (Å²) in [5, 5.41) is 0. The van der Waals surface area contributed by atoms with Gasteiger partial charge in [-0.05, 0) is 25.2 Å². The lowest BCUT2D eigenvalue weighted by molar-refractivity contribution is -0.167. The predicted molar refractivity (Wildman–Crippen MR) is 321 cm³/mol. The molecule has 0 spiro atoms. The number of esters is 3. The Kier molecular flexibility index (Phi) is 60.9. The predicted octanol–water partition coefficient (Wildman–Crippen LogP) is 22.9. The Morgan fingerprint density at radius 2 is 0.473 bits per heavy atom. The van der Waals surface area contributed by atoms with Gasteiger partial charge in [-0.1, -0.05) is 355 Å². The molecule has 0 saturated heterocycles. The van der Waals surface area contributed by atoms with E-state index in [2.05, 4.69) is 27.7 Å². The zero-order valence-electron chi connectivity index (χ0n) is 50.8. The van der Waals surface area contributed by atoms with E-state index in [9.17, 15) is 14.4 Å². The monoisotopic (exact) mass is 1050 g/mol. The molecule has 0 saturated carbocycles. The molecular weight excluding hydrogens is 913 g/mol. The smallest absolute Gasteiger partial charge is 0.306 e. The molecule has 1 unspecified atom stereocenters. The Labute approximate surface area is 463 Å². The maximum absolute atomic E-state index is 12.9. The molecule has 0 aliphatic carbocycles. The summed E-state index contributed by atoms with van der Waals surface area (Å²) in [4.78, 5) is 38.4. The maximum Gasteiger partial charge on any atom is 0.306 e. The Hall–Kier alpha value is -1.59. The minimum absolute atomic E-state index is 0.0607. The fourth-order valence-electron chi connectivity index (χ4n) is 10.7. The number of rotatable bonds is 63. The Morgan fingerprint density at radius 1 is 0.270 bits per heavy atom. The Morgan fingerprint density at radius 3 is 0.703 bits per heavy atom. The topological polar surface area (TPSA) is 78.9 Å². The first-order chi connectivity index (χ1) is 36.4. The van der Waals surface area contributed by atoms with Crippen molar-refractivity contribution in [2.24, 2.45) is 5.92 Å². The van der Waals surface area contributed by atoms with Crippen molar-refractivity contribution in [2.45, 2.75) is 400 Å². The molecule has 0 fully saturated rings. The van der Waals surface area contributed by atoms with E-state index < -0.39 is 6.10 Å².